The lowest BCUT2D eigenvalue weighted by Crippen LogP contribution is -2.16. The number of rotatable bonds is 2. The van der Waals surface area contributed by atoms with Gasteiger partial charge in [0, 0.05) is 5.02 Å². The quantitative estimate of drug-likeness (QED) is 0.843. The van der Waals surface area contributed by atoms with Crippen molar-refractivity contribution >= 4 is 22.6 Å². The van der Waals surface area contributed by atoms with Gasteiger partial charge in [0.15, 0.2) is 5.82 Å². The van der Waals surface area contributed by atoms with Crippen LogP contribution in [0.15, 0.2) is 18.2 Å². The molecule has 0 radical (unpaired) electrons. The molecule has 1 N–H and O–H groups in total. The Kier molecular flexibility index (Phi) is 2.96. The molecule has 2 rings (SSSR count). The molecule has 0 unspecified atom stereocenters. The molecule has 0 spiro atoms. The maximum atomic E-state index is 13.1. The van der Waals surface area contributed by atoms with Crippen LogP contribution in [0.2, 0.25) is 5.02 Å². The second-order valence-electron chi connectivity index (χ2n) is 3.16. The van der Waals surface area contributed by atoms with Crippen LogP contribution in [0.3, 0.4) is 0 Å². The topological polar surface area (TPSA) is 37.9 Å². The Balaban J connectivity index is 2.30. The van der Waals surface area contributed by atoms with E-state index in [-0.39, 0.29) is 0 Å². The van der Waals surface area contributed by atoms with Gasteiger partial charge in [-0.2, -0.15) is 0 Å². The van der Waals surface area contributed by atoms with Crippen molar-refractivity contribution in [3.63, 3.8) is 0 Å². The highest BCUT2D eigenvalue weighted by Crippen LogP contribution is 2.28. The van der Waals surface area contributed by atoms with Gasteiger partial charge in [0.25, 0.3) is 6.36 Å². The Bertz CT molecular complexity index is 539. The van der Waals surface area contributed by atoms with Gasteiger partial charge in [-0.1, -0.05) is 11.6 Å². The first kappa shape index (κ1) is 12.1. The fraction of sp³-hybridized carbons (Fsp3) is 0.222. The second kappa shape index (κ2) is 4.15. The Labute approximate surface area is 97.4 Å². The molecule has 0 bridgehead atoms. The molecule has 1 aromatic carbocycles. The molecular formula is C9H5ClF4N2O. The number of nitrogens with zero attached hydrogens (tertiary/aromatic N) is 1. The summed E-state index contributed by atoms with van der Waals surface area (Å²) in [5, 5.41) is 0.361. The van der Waals surface area contributed by atoms with Crippen LogP contribution >= 0.6 is 11.6 Å². The summed E-state index contributed by atoms with van der Waals surface area (Å²) in [4.78, 5) is 5.99. The third-order valence-electron chi connectivity index (χ3n) is 1.91. The van der Waals surface area contributed by atoms with Gasteiger partial charge in [0.1, 0.15) is 0 Å². The van der Waals surface area contributed by atoms with Crippen LogP contribution in [0.1, 0.15) is 12.2 Å². The number of hydrogen-bond donors (Lipinski definition) is 1. The van der Waals surface area contributed by atoms with E-state index in [1.54, 1.807) is 0 Å². The predicted molar refractivity (Wildman–Crippen MR) is 52.1 cm³/mol. The third-order valence-corrected chi connectivity index (χ3v) is 2.15. The molecule has 0 fully saturated rings. The van der Waals surface area contributed by atoms with Gasteiger partial charge in [-0.05, 0) is 18.2 Å². The SMILES string of the molecule is F[C@H](OC(F)(F)F)c1nc2ccc(Cl)cc2[nH]1. The summed E-state index contributed by atoms with van der Waals surface area (Å²) in [6, 6.07) is 4.37. The molecule has 92 valence electrons. The molecule has 1 heterocycles. The highest BCUT2D eigenvalue weighted by atomic mass is 35.5. The monoisotopic (exact) mass is 268 g/mol. The van der Waals surface area contributed by atoms with Crippen LogP contribution in [0, 0.1) is 0 Å². The Morgan fingerprint density at radius 3 is 2.71 bits per heavy atom. The van der Waals surface area contributed by atoms with Crippen molar-refractivity contribution in [3.8, 4) is 0 Å². The normalized spacial score (nSPS) is 14.2. The zero-order valence-electron chi connectivity index (χ0n) is 8.05. The number of aromatic amines is 1. The van der Waals surface area contributed by atoms with E-state index in [9.17, 15) is 17.6 Å². The van der Waals surface area contributed by atoms with E-state index in [0.29, 0.717) is 16.1 Å². The van der Waals surface area contributed by atoms with Crippen molar-refractivity contribution in [2.75, 3.05) is 0 Å². The van der Waals surface area contributed by atoms with Crippen molar-refractivity contribution in [1.82, 2.24) is 9.97 Å². The lowest BCUT2D eigenvalue weighted by atomic mass is 10.3. The van der Waals surface area contributed by atoms with Crippen molar-refractivity contribution < 1.29 is 22.3 Å². The minimum absolute atomic E-state index is 0.304. The Morgan fingerprint density at radius 2 is 2.06 bits per heavy atom. The largest absolute Gasteiger partial charge is 0.525 e. The predicted octanol–water partition coefficient (Wildman–Crippen LogP) is 3.72. The molecule has 1 aromatic heterocycles. The summed E-state index contributed by atoms with van der Waals surface area (Å²) in [5.41, 5.74) is 0.638. The summed E-state index contributed by atoms with van der Waals surface area (Å²) < 4.78 is 51.7. The molecular weight excluding hydrogens is 264 g/mol. The molecule has 0 aliphatic heterocycles. The molecule has 0 aliphatic rings. The minimum Gasteiger partial charge on any atom is -0.337 e. The van der Waals surface area contributed by atoms with Crippen LogP contribution in [-0.4, -0.2) is 16.3 Å². The number of ether oxygens (including phenoxy) is 1. The van der Waals surface area contributed by atoms with Crippen LogP contribution in [0.25, 0.3) is 11.0 Å². The van der Waals surface area contributed by atoms with E-state index < -0.39 is 18.5 Å². The number of fused-ring (bicyclic) bond motifs is 1. The smallest absolute Gasteiger partial charge is 0.337 e. The Hall–Kier alpha value is -1.34. The molecule has 8 heteroatoms. The summed E-state index contributed by atoms with van der Waals surface area (Å²) in [5.74, 6) is -0.556. The summed E-state index contributed by atoms with van der Waals surface area (Å²) >= 11 is 5.66. The fourth-order valence-corrected chi connectivity index (χ4v) is 1.45. The van der Waals surface area contributed by atoms with E-state index in [4.69, 9.17) is 11.6 Å². The van der Waals surface area contributed by atoms with Gasteiger partial charge in [0.2, 0.25) is 0 Å². The maximum absolute atomic E-state index is 13.1. The van der Waals surface area contributed by atoms with E-state index in [2.05, 4.69) is 14.7 Å². The zero-order chi connectivity index (χ0) is 12.6. The standard InChI is InChI=1S/C9H5ClF4N2O/c10-4-1-2-5-6(3-4)16-8(15-5)7(11)17-9(12,13)14/h1-3,7H,(H,15,16)/t7-/m1/s1. The first-order chi connectivity index (χ1) is 7.85. The summed E-state index contributed by atoms with van der Waals surface area (Å²) in [7, 11) is 0. The average molecular weight is 269 g/mol. The first-order valence-corrected chi connectivity index (χ1v) is 4.77. The average Bonchev–Trinajstić information content (AvgIpc) is 2.57. The third kappa shape index (κ3) is 2.86. The molecule has 0 saturated heterocycles. The van der Waals surface area contributed by atoms with Crippen molar-refractivity contribution in [3.05, 3.63) is 29.0 Å². The number of imidazole rings is 1. The van der Waals surface area contributed by atoms with Gasteiger partial charge in [0.05, 0.1) is 11.0 Å². The number of benzene rings is 1. The number of nitrogens with one attached hydrogen (secondary N) is 1. The van der Waals surface area contributed by atoms with Crippen LogP contribution in [0.4, 0.5) is 17.6 Å². The van der Waals surface area contributed by atoms with E-state index in [0.717, 1.165) is 0 Å². The van der Waals surface area contributed by atoms with E-state index in [1.165, 1.54) is 18.2 Å². The summed E-state index contributed by atoms with van der Waals surface area (Å²) in [6.07, 6.45) is -7.75. The first-order valence-electron chi connectivity index (χ1n) is 4.39. The van der Waals surface area contributed by atoms with Gasteiger partial charge < -0.3 is 4.98 Å². The molecule has 0 amide bonds. The highest BCUT2D eigenvalue weighted by Gasteiger charge is 2.35. The number of hydrogen-bond acceptors (Lipinski definition) is 2. The van der Waals surface area contributed by atoms with Crippen molar-refractivity contribution in [2.45, 2.75) is 12.7 Å². The van der Waals surface area contributed by atoms with Crippen LogP contribution in [-0.2, 0) is 4.74 Å². The van der Waals surface area contributed by atoms with Crippen LogP contribution in [0.5, 0.6) is 0 Å². The zero-order valence-corrected chi connectivity index (χ0v) is 8.81. The molecule has 0 aliphatic carbocycles. The molecule has 0 saturated carbocycles. The molecule has 1 atom stereocenters. The summed E-state index contributed by atoms with van der Waals surface area (Å²) in [6.45, 7) is 0. The highest BCUT2D eigenvalue weighted by molar-refractivity contribution is 6.31. The lowest BCUT2D eigenvalue weighted by molar-refractivity contribution is -0.364. The number of halogens is 5. The van der Waals surface area contributed by atoms with Gasteiger partial charge in [-0.15, -0.1) is 13.2 Å². The van der Waals surface area contributed by atoms with E-state index in [1.807, 2.05) is 0 Å². The molecule has 3 nitrogen and oxygen atoms in total. The number of alkyl halides is 4. The van der Waals surface area contributed by atoms with Crippen molar-refractivity contribution in [1.29, 1.82) is 0 Å². The fourth-order valence-electron chi connectivity index (χ4n) is 1.28. The molecule has 17 heavy (non-hydrogen) atoms. The van der Waals surface area contributed by atoms with Crippen molar-refractivity contribution in [2.24, 2.45) is 0 Å². The van der Waals surface area contributed by atoms with Gasteiger partial charge in [-0.25, -0.2) is 14.1 Å². The molecule has 2 aromatic rings. The second-order valence-corrected chi connectivity index (χ2v) is 3.60. The van der Waals surface area contributed by atoms with Gasteiger partial charge in [-0.3, -0.25) is 0 Å². The van der Waals surface area contributed by atoms with Crippen LogP contribution < -0.4 is 0 Å². The van der Waals surface area contributed by atoms with Gasteiger partial charge >= 0.3 is 6.36 Å². The minimum atomic E-state index is -5.06. The van der Waals surface area contributed by atoms with E-state index >= 15 is 0 Å². The number of H-pyrrole nitrogens is 1. The maximum Gasteiger partial charge on any atom is 0.525 e. The Morgan fingerprint density at radius 1 is 1.35 bits per heavy atom. The number of aromatic nitrogens is 2. The lowest BCUT2D eigenvalue weighted by Gasteiger charge is -2.09.